The molecule has 1 aliphatic rings. The van der Waals surface area contributed by atoms with Crippen LogP contribution in [0.3, 0.4) is 0 Å². The van der Waals surface area contributed by atoms with E-state index in [-0.39, 0.29) is 6.10 Å². The minimum Gasteiger partial charge on any atom is -0.370 e. The van der Waals surface area contributed by atoms with Gasteiger partial charge in [0.2, 0.25) is 0 Å². The standard InChI is InChI=1S/C11H12N2O/c1-13-9-5-3-2-4-8(9)12-11(13)10-6-7-14-10/h2-5,10H,6-7H2,1H3. The Morgan fingerprint density at radius 1 is 1.43 bits per heavy atom. The largest absolute Gasteiger partial charge is 0.370 e. The van der Waals surface area contributed by atoms with Crippen LogP contribution >= 0.6 is 0 Å². The molecule has 3 nitrogen and oxygen atoms in total. The number of aryl methyl sites for hydroxylation is 1. The van der Waals surface area contributed by atoms with Gasteiger partial charge in [0.1, 0.15) is 11.9 Å². The highest BCUT2D eigenvalue weighted by molar-refractivity contribution is 5.75. The van der Waals surface area contributed by atoms with Gasteiger partial charge in [-0.3, -0.25) is 0 Å². The lowest BCUT2D eigenvalue weighted by molar-refractivity contribution is -0.0591. The average Bonchev–Trinajstić information content (AvgIpc) is 2.43. The Kier molecular flexibility index (Phi) is 1.61. The molecule has 1 unspecified atom stereocenters. The molecular weight excluding hydrogens is 176 g/mol. The molecule has 0 bridgehead atoms. The van der Waals surface area contributed by atoms with Crippen LogP contribution < -0.4 is 0 Å². The summed E-state index contributed by atoms with van der Waals surface area (Å²) in [6.45, 7) is 0.869. The first-order valence-corrected chi connectivity index (χ1v) is 4.89. The van der Waals surface area contributed by atoms with Gasteiger partial charge in [-0.2, -0.15) is 0 Å². The summed E-state index contributed by atoms with van der Waals surface area (Å²) in [7, 11) is 2.05. The fourth-order valence-electron chi connectivity index (χ4n) is 1.89. The normalized spacial score (nSPS) is 21.1. The Morgan fingerprint density at radius 2 is 2.21 bits per heavy atom. The third-order valence-electron chi connectivity index (χ3n) is 2.81. The van der Waals surface area contributed by atoms with Gasteiger partial charge in [0.25, 0.3) is 0 Å². The van der Waals surface area contributed by atoms with E-state index < -0.39 is 0 Å². The predicted octanol–water partition coefficient (Wildman–Crippen LogP) is 2.03. The second-order valence-corrected chi connectivity index (χ2v) is 3.67. The lowest BCUT2D eigenvalue weighted by atomic mass is 10.2. The van der Waals surface area contributed by atoms with E-state index in [0.29, 0.717) is 0 Å². The van der Waals surface area contributed by atoms with Crippen LogP contribution in [0.15, 0.2) is 24.3 Å². The Bertz CT molecular complexity index is 471. The van der Waals surface area contributed by atoms with Gasteiger partial charge in [-0.25, -0.2) is 4.98 Å². The number of nitrogens with zero attached hydrogens (tertiary/aromatic N) is 2. The molecule has 72 valence electrons. The van der Waals surface area contributed by atoms with Crippen LogP contribution in [0.2, 0.25) is 0 Å². The van der Waals surface area contributed by atoms with Gasteiger partial charge in [0.05, 0.1) is 17.6 Å². The molecule has 0 N–H and O–H groups in total. The maximum atomic E-state index is 5.44. The Morgan fingerprint density at radius 3 is 2.86 bits per heavy atom. The van der Waals surface area contributed by atoms with Crippen molar-refractivity contribution < 1.29 is 4.74 Å². The summed E-state index contributed by atoms with van der Waals surface area (Å²) in [6.07, 6.45) is 1.31. The fraction of sp³-hybridized carbons (Fsp3) is 0.364. The van der Waals surface area contributed by atoms with E-state index in [0.717, 1.165) is 24.4 Å². The zero-order chi connectivity index (χ0) is 9.54. The van der Waals surface area contributed by atoms with Crippen LogP contribution in [0, 0.1) is 0 Å². The van der Waals surface area contributed by atoms with Crippen LogP contribution in [-0.4, -0.2) is 16.2 Å². The summed E-state index contributed by atoms with van der Waals surface area (Å²) in [6, 6.07) is 8.18. The van der Waals surface area contributed by atoms with Crippen molar-refractivity contribution >= 4 is 11.0 Å². The molecule has 0 aliphatic carbocycles. The number of imidazole rings is 1. The molecule has 1 aliphatic heterocycles. The smallest absolute Gasteiger partial charge is 0.138 e. The molecule has 1 fully saturated rings. The molecule has 0 saturated carbocycles. The summed E-state index contributed by atoms with van der Waals surface area (Å²) < 4.78 is 7.57. The zero-order valence-corrected chi connectivity index (χ0v) is 8.10. The highest BCUT2D eigenvalue weighted by Crippen LogP contribution is 2.30. The van der Waals surface area contributed by atoms with E-state index >= 15 is 0 Å². The van der Waals surface area contributed by atoms with E-state index in [4.69, 9.17) is 4.74 Å². The average molecular weight is 188 g/mol. The molecule has 2 heterocycles. The lowest BCUT2D eigenvalue weighted by Gasteiger charge is -2.25. The molecule has 3 heteroatoms. The Labute approximate surface area is 82.3 Å². The molecule has 1 aromatic heterocycles. The number of rotatable bonds is 1. The molecule has 1 atom stereocenters. The van der Waals surface area contributed by atoms with Crippen molar-refractivity contribution in [3.63, 3.8) is 0 Å². The Balaban J connectivity index is 2.19. The molecule has 1 aromatic carbocycles. The topological polar surface area (TPSA) is 27.1 Å². The number of aromatic nitrogens is 2. The van der Waals surface area contributed by atoms with E-state index in [9.17, 15) is 0 Å². The van der Waals surface area contributed by atoms with Crippen LogP contribution in [0.1, 0.15) is 18.3 Å². The quantitative estimate of drug-likeness (QED) is 0.684. The highest BCUT2D eigenvalue weighted by Gasteiger charge is 2.25. The van der Waals surface area contributed by atoms with Crippen molar-refractivity contribution in [2.75, 3.05) is 6.61 Å². The molecular formula is C11H12N2O. The van der Waals surface area contributed by atoms with Gasteiger partial charge in [0.15, 0.2) is 0 Å². The molecule has 14 heavy (non-hydrogen) atoms. The molecule has 3 rings (SSSR count). The van der Waals surface area contributed by atoms with Crippen LogP contribution in [0.25, 0.3) is 11.0 Å². The zero-order valence-electron chi connectivity index (χ0n) is 8.10. The second-order valence-electron chi connectivity index (χ2n) is 3.67. The van der Waals surface area contributed by atoms with Crippen molar-refractivity contribution in [2.24, 2.45) is 7.05 Å². The highest BCUT2D eigenvalue weighted by atomic mass is 16.5. The minimum absolute atomic E-state index is 0.215. The molecule has 2 aromatic rings. The third kappa shape index (κ3) is 0.990. The predicted molar refractivity (Wildman–Crippen MR) is 54.0 cm³/mol. The van der Waals surface area contributed by atoms with Crippen LogP contribution in [-0.2, 0) is 11.8 Å². The maximum Gasteiger partial charge on any atom is 0.138 e. The van der Waals surface area contributed by atoms with Crippen molar-refractivity contribution in [2.45, 2.75) is 12.5 Å². The summed E-state index contributed by atoms with van der Waals surface area (Å²) in [5.41, 5.74) is 2.23. The monoisotopic (exact) mass is 188 g/mol. The van der Waals surface area contributed by atoms with Gasteiger partial charge in [-0.1, -0.05) is 12.1 Å². The van der Waals surface area contributed by atoms with E-state index in [1.165, 1.54) is 5.52 Å². The number of fused-ring (bicyclic) bond motifs is 1. The van der Waals surface area contributed by atoms with Gasteiger partial charge >= 0.3 is 0 Å². The fourth-order valence-corrected chi connectivity index (χ4v) is 1.89. The van der Waals surface area contributed by atoms with Crippen molar-refractivity contribution in [1.29, 1.82) is 0 Å². The van der Waals surface area contributed by atoms with Gasteiger partial charge in [0, 0.05) is 13.5 Å². The summed E-state index contributed by atoms with van der Waals surface area (Å²) >= 11 is 0. The van der Waals surface area contributed by atoms with Crippen molar-refractivity contribution in [3.05, 3.63) is 30.1 Å². The number of para-hydroxylation sites is 2. The van der Waals surface area contributed by atoms with E-state index in [2.05, 4.69) is 15.6 Å². The summed E-state index contributed by atoms with van der Waals surface area (Å²) in [4.78, 5) is 4.57. The number of benzene rings is 1. The SMILES string of the molecule is Cn1c(C2CCO2)nc2ccccc21. The second kappa shape index (κ2) is 2.82. The maximum absolute atomic E-state index is 5.44. The first-order chi connectivity index (χ1) is 6.86. The first-order valence-electron chi connectivity index (χ1n) is 4.89. The molecule has 0 radical (unpaired) electrons. The third-order valence-corrected chi connectivity index (χ3v) is 2.81. The molecule has 0 spiro atoms. The summed E-state index contributed by atoms with van der Waals surface area (Å²) in [5, 5.41) is 0. The summed E-state index contributed by atoms with van der Waals surface area (Å²) in [5.74, 6) is 1.05. The Hall–Kier alpha value is -1.35. The molecule has 0 amide bonds. The van der Waals surface area contributed by atoms with E-state index in [1.807, 2.05) is 25.2 Å². The van der Waals surface area contributed by atoms with Crippen molar-refractivity contribution in [1.82, 2.24) is 9.55 Å². The van der Waals surface area contributed by atoms with Gasteiger partial charge in [-0.15, -0.1) is 0 Å². The van der Waals surface area contributed by atoms with Gasteiger partial charge < -0.3 is 9.30 Å². The van der Waals surface area contributed by atoms with Crippen LogP contribution in [0.4, 0.5) is 0 Å². The number of ether oxygens (including phenoxy) is 1. The van der Waals surface area contributed by atoms with Crippen molar-refractivity contribution in [3.8, 4) is 0 Å². The lowest BCUT2D eigenvalue weighted by Crippen LogP contribution is -2.21. The number of hydrogen-bond donors (Lipinski definition) is 0. The minimum atomic E-state index is 0.215. The van der Waals surface area contributed by atoms with Crippen LogP contribution in [0.5, 0.6) is 0 Å². The van der Waals surface area contributed by atoms with E-state index in [1.54, 1.807) is 0 Å². The van der Waals surface area contributed by atoms with Gasteiger partial charge in [-0.05, 0) is 12.1 Å². The molecule has 1 saturated heterocycles. The number of hydrogen-bond acceptors (Lipinski definition) is 2. The first kappa shape index (κ1) is 8.00.